The fraction of sp³-hybridized carbons (Fsp3) is 0.838. The maximum absolute atomic E-state index is 14.6. The Labute approximate surface area is 293 Å². The number of nitrogens with zero attached hydrogens (tertiary/aromatic N) is 1. The van der Waals surface area contributed by atoms with E-state index in [4.69, 9.17) is 4.74 Å². The summed E-state index contributed by atoms with van der Waals surface area (Å²) in [5.41, 5.74) is -1.61. The fourth-order valence-electron chi connectivity index (χ4n) is 7.56. The minimum atomic E-state index is -0.998. The number of esters is 1. The maximum atomic E-state index is 14.6. The van der Waals surface area contributed by atoms with E-state index >= 15 is 0 Å². The van der Waals surface area contributed by atoms with Crippen LogP contribution in [0.25, 0.3) is 0 Å². The van der Waals surface area contributed by atoms with Gasteiger partial charge in [-0.2, -0.15) is 0 Å². The summed E-state index contributed by atoms with van der Waals surface area (Å²) in [6, 6.07) is -4.37. The molecule has 3 rings (SSSR count). The van der Waals surface area contributed by atoms with E-state index in [1.54, 1.807) is 25.7 Å². The van der Waals surface area contributed by atoms with Crippen LogP contribution < -0.4 is 21.3 Å². The minimum Gasteiger partial charge on any atom is -0.458 e. The number of fused-ring (bicyclic) bond motifs is 1. The smallest absolute Gasteiger partial charge is 0.329 e. The highest BCUT2D eigenvalue weighted by atomic mass is 16.6. The van der Waals surface area contributed by atoms with Crippen LogP contribution in [0.2, 0.25) is 0 Å². The van der Waals surface area contributed by atoms with Crippen molar-refractivity contribution in [2.24, 2.45) is 28.6 Å². The molecular formula is C37H63N5O7. The highest BCUT2D eigenvalue weighted by Crippen LogP contribution is 2.65. The number of ether oxygens (including phenoxy) is 1. The number of urea groups is 1. The van der Waals surface area contributed by atoms with Gasteiger partial charge in [0.05, 0.1) is 6.04 Å². The Kier molecular flexibility index (Phi) is 13.3. The average molecular weight is 690 g/mol. The van der Waals surface area contributed by atoms with E-state index in [9.17, 15) is 28.8 Å². The number of unbranched alkanes of at least 4 members (excludes halogenated alkanes) is 1. The molecule has 2 aliphatic carbocycles. The van der Waals surface area contributed by atoms with E-state index in [0.29, 0.717) is 32.4 Å². The van der Waals surface area contributed by atoms with Crippen molar-refractivity contribution >= 4 is 35.5 Å². The van der Waals surface area contributed by atoms with Gasteiger partial charge in [0.25, 0.3) is 5.91 Å². The van der Waals surface area contributed by atoms with E-state index < -0.39 is 64.8 Å². The number of carbonyl (C=O) groups is 6. The van der Waals surface area contributed by atoms with Gasteiger partial charge in [0.15, 0.2) is 0 Å². The number of rotatable bonds is 14. The van der Waals surface area contributed by atoms with Gasteiger partial charge in [0.1, 0.15) is 23.7 Å². The van der Waals surface area contributed by atoms with Gasteiger partial charge in [-0.15, -0.1) is 0 Å². The van der Waals surface area contributed by atoms with Crippen molar-refractivity contribution in [2.75, 3.05) is 13.1 Å². The summed E-state index contributed by atoms with van der Waals surface area (Å²) in [6.45, 7) is 19.5. The summed E-state index contributed by atoms with van der Waals surface area (Å²) in [7, 11) is 0. The molecule has 0 aromatic rings. The molecule has 6 atom stereocenters. The highest BCUT2D eigenvalue weighted by molar-refractivity contribution is 6.38. The van der Waals surface area contributed by atoms with Gasteiger partial charge in [-0.25, -0.2) is 9.59 Å². The summed E-state index contributed by atoms with van der Waals surface area (Å²) in [6.07, 6.45) is 6.79. The summed E-state index contributed by atoms with van der Waals surface area (Å²) in [4.78, 5) is 82.9. The standard InChI is InChI=1S/C37H63N5O7/c1-11-13-19-24(28(43)31(45)38-20-12-2)39-30(44)27-25-23(37(25,9)10)21-42(27)32(46)26(22-17-15-14-16-18-22)40-34(48)41-29(35(3,4)5)33(47)49-36(6,7)8/h22-27,29H,11-21H2,1-10H3,(H,38,45)(H,39,44)(H2,40,41,48)/t23-,24?,25-,26-,27-,29+/m0/s1. The second-order valence-electron chi connectivity index (χ2n) is 17.0. The molecule has 4 N–H and O–H groups in total. The lowest BCUT2D eigenvalue weighted by atomic mass is 9.83. The van der Waals surface area contributed by atoms with Crippen LogP contribution in [-0.4, -0.2) is 83.3 Å². The molecule has 12 nitrogen and oxygen atoms in total. The number of carbonyl (C=O) groups excluding carboxylic acids is 6. The molecule has 0 aromatic heterocycles. The Morgan fingerprint density at radius 1 is 0.878 bits per heavy atom. The van der Waals surface area contributed by atoms with Crippen LogP contribution in [0.1, 0.15) is 127 Å². The lowest BCUT2D eigenvalue weighted by Gasteiger charge is -2.38. The zero-order valence-electron chi connectivity index (χ0n) is 31.6. The van der Waals surface area contributed by atoms with Crippen molar-refractivity contribution < 1.29 is 33.5 Å². The van der Waals surface area contributed by atoms with Gasteiger partial charge in [-0.05, 0) is 75.0 Å². The minimum absolute atomic E-state index is 0.0862. The van der Waals surface area contributed by atoms with Crippen molar-refractivity contribution in [3.63, 3.8) is 0 Å². The molecule has 0 bridgehead atoms. The van der Waals surface area contributed by atoms with Crippen LogP contribution >= 0.6 is 0 Å². The number of likely N-dealkylation sites (tertiary alicyclic amines) is 1. The van der Waals surface area contributed by atoms with Crippen molar-refractivity contribution in [2.45, 2.75) is 157 Å². The Balaban J connectivity index is 1.87. The molecule has 1 heterocycles. The summed E-state index contributed by atoms with van der Waals surface area (Å²) in [5.74, 6) is -2.94. The second-order valence-corrected chi connectivity index (χ2v) is 17.0. The van der Waals surface area contributed by atoms with Crippen LogP contribution in [-0.2, 0) is 28.7 Å². The second kappa shape index (κ2) is 16.2. The summed E-state index contributed by atoms with van der Waals surface area (Å²) < 4.78 is 5.61. The van der Waals surface area contributed by atoms with Gasteiger partial charge in [-0.1, -0.05) is 80.6 Å². The first-order chi connectivity index (χ1) is 22.7. The Morgan fingerprint density at radius 3 is 2.06 bits per heavy atom. The normalized spacial score (nSPS) is 23.7. The Hall–Kier alpha value is -3.18. The van der Waals surface area contributed by atoms with E-state index in [1.165, 1.54) is 0 Å². The van der Waals surface area contributed by atoms with Gasteiger partial charge < -0.3 is 30.9 Å². The molecule has 1 aliphatic heterocycles. The number of hydrogen-bond acceptors (Lipinski definition) is 7. The zero-order chi connectivity index (χ0) is 36.9. The van der Waals surface area contributed by atoms with Gasteiger partial charge in [-0.3, -0.25) is 19.2 Å². The van der Waals surface area contributed by atoms with Crippen LogP contribution in [0.3, 0.4) is 0 Å². The molecule has 3 aliphatic rings. The van der Waals surface area contributed by atoms with E-state index in [1.807, 2.05) is 34.6 Å². The molecule has 12 heteroatoms. The first-order valence-corrected chi connectivity index (χ1v) is 18.5. The quantitative estimate of drug-likeness (QED) is 0.157. The SMILES string of the molecule is CCCCC(NC(=O)[C@@H]1[C@@H]2[C@H](CN1C(=O)[C@@H](NC(=O)N[C@H](C(=O)OC(C)(C)C)C(C)(C)C)C1CCCCC1)C2(C)C)C(=O)C(=O)NCCC. The molecule has 0 spiro atoms. The van der Waals surface area contributed by atoms with Crippen LogP contribution in [0, 0.1) is 28.6 Å². The van der Waals surface area contributed by atoms with E-state index in [2.05, 4.69) is 35.1 Å². The first-order valence-electron chi connectivity index (χ1n) is 18.5. The van der Waals surface area contributed by atoms with Crippen LogP contribution in [0.15, 0.2) is 0 Å². The highest BCUT2D eigenvalue weighted by Gasteiger charge is 2.69. The molecular weight excluding hydrogens is 626 g/mol. The number of piperidine rings is 1. The molecule has 278 valence electrons. The monoisotopic (exact) mass is 689 g/mol. The molecule has 3 fully saturated rings. The third kappa shape index (κ3) is 10.2. The number of Topliss-reactive ketones (excluding diaryl/α,β-unsaturated/α-hetero) is 1. The van der Waals surface area contributed by atoms with E-state index in [-0.39, 0.29) is 29.1 Å². The first kappa shape index (κ1) is 40.3. The van der Waals surface area contributed by atoms with E-state index in [0.717, 1.165) is 38.5 Å². The van der Waals surface area contributed by atoms with Crippen LogP contribution in [0.5, 0.6) is 0 Å². The molecule has 1 saturated heterocycles. The maximum Gasteiger partial charge on any atom is 0.329 e. The summed E-state index contributed by atoms with van der Waals surface area (Å²) >= 11 is 0. The van der Waals surface area contributed by atoms with Crippen LogP contribution in [0.4, 0.5) is 4.79 Å². The van der Waals surface area contributed by atoms with Crippen molar-refractivity contribution in [3.8, 4) is 0 Å². The Bertz CT molecular complexity index is 1230. The van der Waals surface area contributed by atoms with Crippen molar-refractivity contribution in [3.05, 3.63) is 0 Å². The zero-order valence-corrected chi connectivity index (χ0v) is 31.6. The van der Waals surface area contributed by atoms with Gasteiger partial charge in [0.2, 0.25) is 17.6 Å². The topological polar surface area (TPSA) is 163 Å². The number of hydrogen-bond donors (Lipinski definition) is 4. The van der Waals surface area contributed by atoms with Crippen molar-refractivity contribution in [1.82, 2.24) is 26.2 Å². The molecule has 0 aromatic carbocycles. The third-order valence-electron chi connectivity index (χ3n) is 10.5. The number of ketones is 1. The lowest BCUT2D eigenvalue weighted by molar-refractivity contribution is -0.160. The Morgan fingerprint density at radius 2 is 1.51 bits per heavy atom. The van der Waals surface area contributed by atoms with Crippen molar-refractivity contribution in [1.29, 1.82) is 0 Å². The molecule has 0 radical (unpaired) electrons. The summed E-state index contributed by atoms with van der Waals surface area (Å²) in [5, 5.41) is 11.2. The van der Waals surface area contributed by atoms with Gasteiger partial charge in [0, 0.05) is 13.1 Å². The number of nitrogens with one attached hydrogen (secondary N) is 4. The third-order valence-corrected chi connectivity index (χ3v) is 10.5. The average Bonchev–Trinajstić information content (AvgIpc) is 3.32. The lowest BCUT2D eigenvalue weighted by Crippen LogP contribution is -2.62. The van der Waals surface area contributed by atoms with Gasteiger partial charge >= 0.3 is 12.0 Å². The molecule has 1 unspecified atom stereocenters. The molecule has 49 heavy (non-hydrogen) atoms. The molecule has 5 amide bonds. The molecule has 2 saturated carbocycles. The predicted molar refractivity (Wildman–Crippen MR) is 187 cm³/mol. The fourth-order valence-corrected chi connectivity index (χ4v) is 7.56. The predicted octanol–water partition coefficient (Wildman–Crippen LogP) is 4.24. The largest absolute Gasteiger partial charge is 0.458 e. The number of amides is 5.